The van der Waals surface area contributed by atoms with E-state index in [1.54, 1.807) is 4.90 Å². The molecule has 0 unspecified atom stereocenters. The molecule has 0 bridgehead atoms. The van der Waals surface area contributed by atoms with Gasteiger partial charge in [0.15, 0.2) is 0 Å². The third kappa shape index (κ3) is 3.86. The van der Waals surface area contributed by atoms with Crippen LogP contribution in [0.5, 0.6) is 0 Å². The molecule has 224 valence electrons. The van der Waals surface area contributed by atoms with Crippen LogP contribution >= 0.6 is 0 Å². The molecule has 3 aromatic rings. The first kappa shape index (κ1) is 26.9. The zero-order chi connectivity index (χ0) is 29.7. The molecule has 43 heavy (non-hydrogen) atoms. The summed E-state index contributed by atoms with van der Waals surface area (Å²) in [5.74, 6) is -3.31. The standard InChI is InChI=1S/C33H37N5O5/c1-32(35-29(39)21-15-23-22-10-6-11-24-28(22)20(17-34-24)16-25(23)36(2)18-21)31(41)38-26(14-19-8-4-3-5-9-19)30(40)37-13-7-12-27(37)33(38,42)43-32/h3-6,8-11,17,21,23,25-27,34,42H,7,12-16,18H2,1-2H3,(H,35,39)/t21-,23+,25-,26+,27+,32-,33-/m1/s1. The van der Waals surface area contributed by atoms with Gasteiger partial charge in [0, 0.05) is 48.6 Å². The number of carbonyl (C=O) groups excluding carboxylic acids is 3. The van der Waals surface area contributed by atoms with E-state index >= 15 is 0 Å². The van der Waals surface area contributed by atoms with E-state index in [9.17, 15) is 19.5 Å². The number of aliphatic hydroxyl groups is 1. The van der Waals surface area contributed by atoms with E-state index in [-0.39, 0.29) is 36.1 Å². The number of aromatic amines is 1. The van der Waals surface area contributed by atoms with Crippen molar-refractivity contribution in [1.82, 2.24) is 25.0 Å². The van der Waals surface area contributed by atoms with Gasteiger partial charge in [-0.25, -0.2) is 0 Å². The van der Waals surface area contributed by atoms with E-state index < -0.39 is 29.6 Å². The summed E-state index contributed by atoms with van der Waals surface area (Å²) in [6.07, 6.45) is 5.13. The zero-order valence-electron chi connectivity index (χ0n) is 24.5. The Morgan fingerprint density at radius 3 is 2.79 bits per heavy atom. The minimum absolute atomic E-state index is 0.171. The number of piperazine rings is 1. The fourth-order valence-electron chi connectivity index (χ4n) is 8.65. The van der Waals surface area contributed by atoms with Gasteiger partial charge in [-0.05, 0) is 62.4 Å². The Hall–Kier alpha value is -3.73. The van der Waals surface area contributed by atoms with E-state index in [1.165, 1.54) is 28.3 Å². The largest absolute Gasteiger partial charge is 0.361 e. The average molecular weight is 584 g/mol. The lowest BCUT2D eigenvalue weighted by atomic mass is 9.72. The Bertz CT molecular complexity index is 1640. The topological polar surface area (TPSA) is 118 Å². The highest BCUT2D eigenvalue weighted by Gasteiger charge is 2.70. The first-order valence-corrected chi connectivity index (χ1v) is 15.4. The zero-order valence-corrected chi connectivity index (χ0v) is 24.5. The number of aromatic nitrogens is 1. The lowest BCUT2D eigenvalue weighted by Gasteiger charge is -2.48. The van der Waals surface area contributed by atoms with Crippen LogP contribution in [0.3, 0.4) is 0 Å². The van der Waals surface area contributed by atoms with Crippen LogP contribution in [0.1, 0.15) is 48.8 Å². The summed E-state index contributed by atoms with van der Waals surface area (Å²) in [6.45, 7) is 2.56. The van der Waals surface area contributed by atoms with Crippen molar-refractivity contribution >= 4 is 28.6 Å². The van der Waals surface area contributed by atoms with Gasteiger partial charge in [-0.15, -0.1) is 0 Å². The molecule has 2 aromatic carbocycles. The van der Waals surface area contributed by atoms with Crippen LogP contribution in [-0.2, 0) is 32.0 Å². The number of nitrogens with zero attached hydrogens (tertiary/aromatic N) is 3. The minimum atomic E-state index is -2.03. The first-order chi connectivity index (χ1) is 20.7. The van der Waals surface area contributed by atoms with E-state index in [0.29, 0.717) is 32.4 Å². The summed E-state index contributed by atoms with van der Waals surface area (Å²) in [5.41, 5.74) is 2.74. The van der Waals surface area contributed by atoms with Crippen molar-refractivity contribution in [3.8, 4) is 0 Å². The van der Waals surface area contributed by atoms with Crippen LogP contribution in [-0.4, -0.2) is 92.4 Å². The molecule has 4 saturated heterocycles. The molecule has 1 aromatic heterocycles. The molecule has 5 heterocycles. The number of amides is 3. The number of piperidine rings is 1. The number of carbonyl (C=O) groups is 3. The fraction of sp³-hybridized carbons (Fsp3) is 0.485. The molecule has 0 saturated carbocycles. The van der Waals surface area contributed by atoms with E-state index in [2.05, 4.69) is 46.6 Å². The quantitative estimate of drug-likeness (QED) is 0.433. The maximum Gasteiger partial charge on any atom is 0.280 e. The predicted octanol–water partition coefficient (Wildman–Crippen LogP) is 2.08. The van der Waals surface area contributed by atoms with Crippen LogP contribution in [0.4, 0.5) is 0 Å². The molecule has 10 heteroatoms. The Morgan fingerprint density at radius 2 is 1.98 bits per heavy atom. The van der Waals surface area contributed by atoms with E-state index in [0.717, 1.165) is 17.5 Å². The number of rotatable bonds is 4. The van der Waals surface area contributed by atoms with Crippen LogP contribution in [0.15, 0.2) is 54.7 Å². The molecular weight excluding hydrogens is 546 g/mol. The molecule has 4 fully saturated rings. The molecule has 7 atom stereocenters. The number of hydrogen-bond acceptors (Lipinski definition) is 6. The maximum absolute atomic E-state index is 14.2. The normalized spacial score (nSPS) is 35.2. The Balaban J connectivity index is 1.08. The van der Waals surface area contributed by atoms with E-state index in [1.807, 2.05) is 30.3 Å². The van der Waals surface area contributed by atoms with Crippen LogP contribution in [0.2, 0.25) is 0 Å². The summed E-state index contributed by atoms with van der Waals surface area (Å²) >= 11 is 0. The summed E-state index contributed by atoms with van der Waals surface area (Å²) in [5, 5.41) is 16.2. The molecule has 4 aliphatic heterocycles. The van der Waals surface area contributed by atoms with Crippen LogP contribution < -0.4 is 5.32 Å². The summed E-state index contributed by atoms with van der Waals surface area (Å²) in [6, 6.07) is 14.4. The number of H-pyrrole nitrogens is 1. The second-order valence-corrected chi connectivity index (χ2v) is 13.2. The second kappa shape index (κ2) is 9.38. The Kier molecular flexibility index (Phi) is 5.86. The smallest absolute Gasteiger partial charge is 0.280 e. The van der Waals surface area contributed by atoms with Gasteiger partial charge in [-0.2, -0.15) is 0 Å². The lowest BCUT2D eigenvalue weighted by Crippen LogP contribution is -2.71. The number of benzene rings is 2. The van der Waals surface area contributed by atoms with Crippen molar-refractivity contribution in [3.05, 3.63) is 71.4 Å². The number of likely N-dealkylation sites (N-methyl/N-ethyl adjacent to an activating group) is 1. The number of likely N-dealkylation sites (tertiary alicyclic amines) is 1. The third-order valence-corrected chi connectivity index (χ3v) is 10.6. The van der Waals surface area contributed by atoms with Crippen molar-refractivity contribution < 1.29 is 24.2 Å². The second-order valence-electron chi connectivity index (χ2n) is 13.2. The first-order valence-electron chi connectivity index (χ1n) is 15.4. The molecule has 8 rings (SSSR count). The van der Waals surface area contributed by atoms with Crippen molar-refractivity contribution in [2.75, 3.05) is 20.1 Å². The Morgan fingerprint density at radius 1 is 1.16 bits per heavy atom. The SMILES string of the molecule is CN1C[C@H](C(=O)N[C@]2(C)O[C@]3(O)[C@@H]4CCCN4C(=O)[C@H](Cc4ccccc4)N3C2=O)C[C@H]2c3cccc4[nH]cc(c34)C[C@H]21. The van der Waals surface area contributed by atoms with Crippen LogP contribution in [0, 0.1) is 5.92 Å². The molecule has 1 aliphatic carbocycles. The van der Waals surface area contributed by atoms with Gasteiger partial charge in [-0.1, -0.05) is 42.5 Å². The molecule has 3 N–H and O–H groups in total. The number of ether oxygens (including phenoxy) is 1. The molecule has 3 amide bonds. The molecule has 0 spiro atoms. The Labute approximate surface area is 250 Å². The van der Waals surface area contributed by atoms with Crippen LogP contribution in [0.25, 0.3) is 10.9 Å². The monoisotopic (exact) mass is 583 g/mol. The highest BCUT2D eigenvalue weighted by Crippen LogP contribution is 2.47. The fourth-order valence-corrected chi connectivity index (χ4v) is 8.65. The van der Waals surface area contributed by atoms with E-state index in [4.69, 9.17) is 4.74 Å². The minimum Gasteiger partial charge on any atom is -0.361 e. The third-order valence-electron chi connectivity index (χ3n) is 10.6. The van der Waals surface area contributed by atoms with Gasteiger partial charge in [0.2, 0.25) is 17.5 Å². The van der Waals surface area contributed by atoms with Gasteiger partial charge in [0.05, 0.1) is 5.92 Å². The van der Waals surface area contributed by atoms with Gasteiger partial charge in [-0.3, -0.25) is 24.0 Å². The van der Waals surface area contributed by atoms with Crippen molar-refractivity contribution in [3.63, 3.8) is 0 Å². The van der Waals surface area contributed by atoms with Gasteiger partial charge in [0.1, 0.15) is 12.1 Å². The van der Waals surface area contributed by atoms with Crippen molar-refractivity contribution in [2.45, 2.75) is 74.7 Å². The molecule has 5 aliphatic rings. The number of hydrogen-bond donors (Lipinski definition) is 3. The van der Waals surface area contributed by atoms with Crippen molar-refractivity contribution in [2.24, 2.45) is 5.92 Å². The lowest BCUT2D eigenvalue weighted by molar-refractivity contribution is -0.315. The molecular formula is C33H37N5O5. The average Bonchev–Trinajstić information content (AvgIpc) is 3.70. The summed E-state index contributed by atoms with van der Waals surface area (Å²) < 4.78 is 6.25. The summed E-state index contributed by atoms with van der Waals surface area (Å²) in [4.78, 5) is 50.4. The van der Waals surface area contributed by atoms with Gasteiger partial charge in [0.25, 0.3) is 11.8 Å². The predicted molar refractivity (Wildman–Crippen MR) is 157 cm³/mol. The van der Waals surface area contributed by atoms with Crippen molar-refractivity contribution in [1.29, 1.82) is 0 Å². The highest BCUT2D eigenvalue weighted by molar-refractivity contribution is 5.97. The van der Waals surface area contributed by atoms with Gasteiger partial charge < -0.3 is 25.2 Å². The summed E-state index contributed by atoms with van der Waals surface area (Å²) in [7, 11) is 2.06. The maximum atomic E-state index is 14.2. The molecule has 10 nitrogen and oxygen atoms in total. The highest BCUT2D eigenvalue weighted by atomic mass is 16.7. The number of fused-ring (bicyclic) bond motifs is 5. The number of nitrogens with one attached hydrogen (secondary N) is 2. The van der Waals surface area contributed by atoms with Gasteiger partial charge >= 0.3 is 0 Å². The molecule has 0 radical (unpaired) electrons.